The molecule has 0 spiro atoms. The Bertz CT molecular complexity index is 1190. The Labute approximate surface area is 187 Å². The second-order valence-corrected chi connectivity index (χ2v) is 8.58. The Morgan fingerprint density at radius 3 is 2.34 bits per heavy atom. The standard InChI is InChI=1S/C25H28N6O/c1-17(2)30-14-12-19(13-15-30)31-22-16-27-28-25(26)23(22)24(29-31)18-8-10-21(11-9-18)32-20-6-4-3-5-7-20/h3-11,16-17,19H,12-15H2,1-2H3,(H2,26,28). The monoisotopic (exact) mass is 428 g/mol. The van der Waals surface area contributed by atoms with Crippen molar-refractivity contribution in [2.45, 2.75) is 38.8 Å². The van der Waals surface area contributed by atoms with E-state index in [4.69, 9.17) is 15.6 Å². The molecule has 0 atom stereocenters. The van der Waals surface area contributed by atoms with Gasteiger partial charge >= 0.3 is 0 Å². The summed E-state index contributed by atoms with van der Waals surface area (Å²) in [5.74, 6) is 1.99. The van der Waals surface area contributed by atoms with E-state index in [2.05, 4.69) is 33.6 Å². The largest absolute Gasteiger partial charge is 0.457 e. The summed E-state index contributed by atoms with van der Waals surface area (Å²) in [6.45, 7) is 6.64. The topological polar surface area (TPSA) is 82.1 Å². The van der Waals surface area contributed by atoms with Gasteiger partial charge in [0, 0.05) is 24.7 Å². The zero-order valence-electron chi connectivity index (χ0n) is 18.5. The van der Waals surface area contributed by atoms with Gasteiger partial charge in [-0.15, -0.1) is 5.10 Å². The molecule has 2 N–H and O–H groups in total. The van der Waals surface area contributed by atoms with Gasteiger partial charge in [-0.3, -0.25) is 4.68 Å². The van der Waals surface area contributed by atoms with Crippen LogP contribution >= 0.6 is 0 Å². The Morgan fingerprint density at radius 2 is 1.66 bits per heavy atom. The van der Waals surface area contributed by atoms with E-state index < -0.39 is 0 Å². The molecule has 2 aromatic carbocycles. The number of fused-ring (bicyclic) bond motifs is 1. The van der Waals surface area contributed by atoms with E-state index in [1.54, 1.807) is 6.20 Å². The number of hydrogen-bond acceptors (Lipinski definition) is 6. The molecule has 7 nitrogen and oxygen atoms in total. The molecular weight excluding hydrogens is 400 g/mol. The first-order valence-electron chi connectivity index (χ1n) is 11.2. The van der Waals surface area contributed by atoms with Crippen molar-refractivity contribution < 1.29 is 4.74 Å². The quantitative estimate of drug-likeness (QED) is 0.486. The molecule has 7 heteroatoms. The van der Waals surface area contributed by atoms with Crippen LogP contribution in [0.4, 0.5) is 5.82 Å². The van der Waals surface area contributed by atoms with E-state index in [1.165, 1.54) is 0 Å². The summed E-state index contributed by atoms with van der Waals surface area (Å²) in [5.41, 5.74) is 9.03. The van der Waals surface area contributed by atoms with Gasteiger partial charge < -0.3 is 15.4 Å². The van der Waals surface area contributed by atoms with Crippen LogP contribution < -0.4 is 10.5 Å². The molecule has 4 aromatic rings. The summed E-state index contributed by atoms with van der Waals surface area (Å²) in [5, 5.41) is 14.1. The SMILES string of the molecule is CC(C)N1CCC(n2nc(-c3ccc(Oc4ccccc4)cc3)c3c(N)nncc32)CC1. The van der Waals surface area contributed by atoms with Crippen molar-refractivity contribution in [3.05, 3.63) is 60.8 Å². The lowest BCUT2D eigenvalue weighted by molar-refractivity contribution is 0.149. The van der Waals surface area contributed by atoms with Crippen LogP contribution in [0.3, 0.4) is 0 Å². The van der Waals surface area contributed by atoms with E-state index in [9.17, 15) is 0 Å². The van der Waals surface area contributed by atoms with Crippen molar-refractivity contribution in [2.75, 3.05) is 18.8 Å². The first-order chi connectivity index (χ1) is 15.6. The lowest BCUT2D eigenvalue weighted by Gasteiger charge is -2.34. The van der Waals surface area contributed by atoms with Crippen LogP contribution in [0, 0.1) is 0 Å². The van der Waals surface area contributed by atoms with Crippen LogP contribution in [-0.4, -0.2) is 44.0 Å². The smallest absolute Gasteiger partial charge is 0.157 e. The molecule has 2 aromatic heterocycles. The van der Waals surface area contributed by atoms with Crippen LogP contribution in [0.5, 0.6) is 11.5 Å². The van der Waals surface area contributed by atoms with Gasteiger partial charge in [-0.25, -0.2) is 0 Å². The maximum atomic E-state index is 6.27. The maximum Gasteiger partial charge on any atom is 0.157 e. The molecule has 1 fully saturated rings. The lowest BCUT2D eigenvalue weighted by atomic mass is 10.0. The van der Waals surface area contributed by atoms with Gasteiger partial charge in [0.1, 0.15) is 17.2 Å². The predicted octanol–water partition coefficient (Wildman–Crippen LogP) is 4.91. The molecule has 0 aliphatic carbocycles. The molecule has 1 aliphatic heterocycles. The number of nitrogens with zero attached hydrogens (tertiary/aromatic N) is 5. The van der Waals surface area contributed by atoms with Gasteiger partial charge in [0.2, 0.25) is 0 Å². The first-order valence-corrected chi connectivity index (χ1v) is 11.2. The Kier molecular flexibility index (Phi) is 5.49. The highest BCUT2D eigenvalue weighted by atomic mass is 16.5. The highest BCUT2D eigenvalue weighted by Gasteiger charge is 2.26. The van der Waals surface area contributed by atoms with E-state index >= 15 is 0 Å². The van der Waals surface area contributed by atoms with Gasteiger partial charge in [0.25, 0.3) is 0 Å². The summed E-state index contributed by atoms with van der Waals surface area (Å²) >= 11 is 0. The highest BCUT2D eigenvalue weighted by molar-refractivity contribution is 5.99. The molecule has 0 bridgehead atoms. The van der Waals surface area contributed by atoms with Gasteiger partial charge in [0.05, 0.1) is 23.1 Å². The summed E-state index contributed by atoms with van der Waals surface area (Å²) in [4.78, 5) is 2.52. The molecule has 5 rings (SSSR count). The van der Waals surface area contributed by atoms with Crippen LogP contribution in [0.25, 0.3) is 22.2 Å². The Hall–Kier alpha value is -3.45. The van der Waals surface area contributed by atoms with Crippen molar-refractivity contribution in [3.8, 4) is 22.8 Å². The van der Waals surface area contributed by atoms with E-state index in [1.807, 2.05) is 54.6 Å². The van der Waals surface area contributed by atoms with Gasteiger partial charge in [-0.1, -0.05) is 18.2 Å². The molecule has 0 saturated carbocycles. The Balaban J connectivity index is 1.47. The highest BCUT2D eigenvalue weighted by Crippen LogP contribution is 2.35. The molecule has 1 aliphatic rings. The minimum Gasteiger partial charge on any atom is -0.457 e. The number of ether oxygens (including phenoxy) is 1. The fraction of sp³-hybridized carbons (Fsp3) is 0.320. The molecule has 32 heavy (non-hydrogen) atoms. The number of nitrogen functional groups attached to an aromatic ring is 1. The number of piperidine rings is 1. The number of likely N-dealkylation sites (tertiary alicyclic amines) is 1. The van der Waals surface area contributed by atoms with Gasteiger partial charge in [0.15, 0.2) is 5.82 Å². The fourth-order valence-electron chi connectivity index (χ4n) is 4.45. The fourth-order valence-corrected chi connectivity index (χ4v) is 4.45. The average molecular weight is 429 g/mol. The number of nitrogens with two attached hydrogens (primary N) is 1. The number of hydrogen-bond donors (Lipinski definition) is 1. The van der Waals surface area contributed by atoms with E-state index in [0.717, 1.165) is 59.6 Å². The third-order valence-electron chi connectivity index (χ3n) is 6.23. The molecule has 0 unspecified atom stereocenters. The minimum absolute atomic E-state index is 0.325. The third-order valence-corrected chi connectivity index (χ3v) is 6.23. The average Bonchev–Trinajstić information content (AvgIpc) is 3.21. The Morgan fingerprint density at radius 1 is 0.969 bits per heavy atom. The van der Waals surface area contributed by atoms with E-state index in [0.29, 0.717) is 17.9 Å². The molecule has 0 radical (unpaired) electrons. The van der Waals surface area contributed by atoms with Crippen molar-refractivity contribution in [1.29, 1.82) is 0 Å². The number of rotatable bonds is 5. The maximum absolute atomic E-state index is 6.27. The summed E-state index contributed by atoms with van der Waals surface area (Å²) in [6.07, 6.45) is 3.89. The lowest BCUT2D eigenvalue weighted by Crippen LogP contribution is -2.39. The molecule has 164 valence electrons. The van der Waals surface area contributed by atoms with Crippen molar-refractivity contribution in [1.82, 2.24) is 24.9 Å². The number of para-hydroxylation sites is 1. The minimum atomic E-state index is 0.325. The molecule has 3 heterocycles. The second kappa shape index (κ2) is 8.59. The van der Waals surface area contributed by atoms with Gasteiger partial charge in [-0.2, -0.15) is 10.2 Å². The summed E-state index contributed by atoms with van der Waals surface area (Å²) < 4.78 is 8.05. The summed E-state index contributed by atoms with van der Waals surface area (Å²) in [6, 6.07) is 18.6. The van der Waals surface area contributed by atoms with Crippen molar-refractivity contribution in [2.24, 2.45) is 0 Å². The van der Waals surface area contributed by atoms with Crippen molar-refractivity contribution in [3.63, 3.8) is 0 Å². The van der Waals surface area contributed by atoms with Crippen LogP contribution in [0.1, 0.15) is 32.7 Å². The number of aromatic nitrogens is 4. The van der Waals surface area contributed by atoms with Crippen LogP contribution in [0.15, 0.2) is 60.8 Å². The zero-order valence-corrected chi connectivity index (χ0v) is 18.5. The molecular formula is C25H28N6O. The van der Waals surface area contributed by atoms with Gasteiger partial charge in [-0.05, 0) is 63.1 Å². The molecule has 0 amide bonds. The zero-order chi connectivity index (χ0) is 22.1. The van der Waals surface area contributed by atoms with Crippen LogP contribution in [-0.2, 0) is 0 Å². The third kappa shape index (κ3) is 3.91. The normalized spacial score (nSPS) is 15.5. The summed E-state index contributed by atoms with van der Waals surface area (Å²) in [7, 11) is 0. The number of anilines is 1. The van der Waals surface area contributed by atoms with Crippen molar-refractivity contribution >= 4 is 16.7 Å². The second-order valence-electron chi connectivity index (χ2n) is 8.58. The number of benzene rings is 2. The molecule has 1 saturated heterocycles. The first kappa shape index (κ1) is 20.5. The van der Waals surface area contributed by atoms with E-state index in [-0.39, 0.29) is 0 Å². The van der Waals surface area contributed by atoms with Crippen LogP contribution in [0.2, 0.25) is 0 Å². The predicted molar refractivity (Wildman–Crippen MR) is 127 cm³/mol.